The van der Waals surface area contributed by atoms with E-state index in [1.54, 1.807) is 12.5 Å². The Bertz CT molecular complexity index is 917. The number of rotatable bonds is 3. The molecule has 3 aromatic heterocycles. The first-order chi connectivity index (χ1) is 11.5. The van der Waals surface area contributed by atoms with Crippen LogP contribution in [-0.2, 0) is 5.41 Å². The molecule has 0 radical (unpaired) electrons. The average molecular weight is 327 g/mol. The van der Waals surface area contributed by atoms with E-state index < -0.39 is 5.97 Å². The first-order valence-corrected chi connectivity index (χ1v) is 7.71. The second-order valence-electron chi connectivity index (χ2n) is 6.46. The third kappa shape index (κ3) is 2.22. The standard InChI is InChI=1S/C16H17N5O3/c1-10-7-11(8-21-13(10)18-12(19-21)14(22)23)20-5-3-16(2,9-20)15-17-4-6-24-15/h4,6-8H,3,5,9H2,1-2H3,(H,22,23). The highest BCUT2D eigenvalue weighted by atomic mass is 16.4. The predicted octanol–water partition coefficient (Wildman–Crippen LogP) is 1.89. The van der Waals surface area contributed by atoms with Crippen LogP contribution in [0.5, 0.6) is 0 Å². The summed E-state index contributed by atoms with van der Waals surface area (Å²) in [4.78, 5) is 21.7. The maximum Gasteiger partial charge on any atom is 0.375 e. The molecule has 0 saturated carbocycles. The quantitative estimate of drug-likeness (QED) is 0.784. The molecule has 4 rings (SSSR count). The van der Waals surface area contributed by atoms with Gasteiger partial charge >= 0.3 is 5.97 Å². The number of aryl methyl sites for hydroxylation is 1. The van der Waals surface area contributed by atoms with Gasteiger partial charge in [0.1, 0.15) is 6.26 Å². The van der Waals surface area contributed by atoms with E-state index in [4.69, 9.17) is 9.52 Å². The van der Waals surface area contributed by atoms with Crippen molar-refractivity contribution in [3.63, 3.8) is 0 Å². The summed E-state index contributed by atoms with van der Waals surface area (Å²) in [6, 6.07) is 2.01. The van der Waals surface area contributed by atoms with Gasteiger partial charge in [-0.05, 0) is 31.9 Å². The summed E-state index contributed by atoms with van der Waals surface area (Å²) in [5, 5.41) is 13.1. The zero-order valence-corrected chi connectivity index (χ0v) is 13.4. The second-order valence-corrected chi connectivity index (χ2v) is 6.46. The maximum absolute atomic E-state index is 11.1. The maximum atomic E-state index is 11.1. The predicted molar refractivity (Wildman–Crippen MR) is 85.4 cm³/mol. The molecule has 1 fully saturated rings. The molecule has 0 bridgehead atoms. The molecule has 1 N–H and O–H groups in total. The zero-order valence-electron chi connectivity index (χ0n) is 13.4. The number of oxazole rings is 1. The van der Waals surface area contributed by atoms with Crippen molar-refractivity contribution >= 4 is 17.3 Å². The van der Waals surface area contributed by atoms with E-state index in [2.05, 4.69) is 26.9 Å². The summed E-state index contributed by atoms with van der Waals surface area (Å²) in [6.07, 6.45) is 6.02. The van der Waals surface area contributed by atoms with Gasteiger partial charge in [0.05, 0.1) is 23.5 Å². The van der Waals surface area contributed by atoms with Crippen LogP contribution in [0.25, 0.3) is 5.65 Å². The van der Waals surface area contributed by atoms with Gasteiger partial charge in [0, 0.05) is 13.1 Å². The Morgan fingerprint density at radius 2 is 2.29 bits per heavy atom. The fourth-order valence-corrected chi connectivity index (χ4v) is 3.27. The monoisotopic (exact) mass is 327 g/mol. The Morgan fingerprint density at radius 1 is 1.46 bits per heavy atom. The highest BCUT2D eigenvalue weighted by molar-refractivity contribution is 5.84. The molecule has 1 saturated heterocycles. The number of carbonyl (C=O) groups is 1. The molecular weight excluding hydrogens is 310 g/mol. The number of anilines is 1. The minimum Gasteiger partial charge on any atom is -0.475 e. The minimum atomic E-state index is -1.13. The van der Waals surface area contributed by atoms with E-state index in [1.807, 2.05) is 19.2 Å². The molecule has 8 heteroatoms. The van der Waals surface area contributed by atoms with Gasteiger partial charge in [0.15, 0.2) is 5.65 Å². The number of aromatic carboxylic acids is 1. The summed E-state index contributed by atoms with van der Waals surface area (Å²) < 4.78 is 7.03. The molecule has 4 heterocycles. The molecule has 8 nitrogen and oxygen atoms in total. The van der Waals surface area contributed by atoms with Gasteiger partial charge in [-0.15, -0.1) is 5.10 Å². The van der Waals surface area contributed by atoms with Gasteiger partial charge in [-0.1, -0.05) is 0 Å². The largest absolute Gasteiger partial charge is 0.475 e. The molecule has 3 aromatic rings. The number of carboxylic acids is 1. The van der Waals surface area contributed by atoms with Gasteiger partial charge in [0.2, 0.25) is 5.89 Å². The van der Waals surface area contributed by atoms with Crippen molar-refractivity contribution in [1.29, 1.82) is 0 Å². The number of hydrogen-bond acceptors (Lipinski definition) is 6. The van der Waals surface area contributed by atoms with Crippen molar-refractivity contribution in [2.75, 3.05) is 18.0 Å². The molecule has 0 aliphatic carbocycles. The van der Waals surface area contributed by atoms with Crippen molar-refractivity contribution in [2.24, 2.45) is 0 Å². The summed E-state index contributed by atoms with van der Waals surface area (Å²) in [6.45, 7) is 5.69. The third-order valence-corrected chi connectivity index (χ3v) is 4.58. The second kappa shape index (κ2) is 5.05. The Labute approximate surface area is 137 Å². The molecule has 0 aromatic carbocycles. The highest BCUT2D eigenvalue weighted by Gasteiger charge is 2.39. The number of hydrogen-bond donors (Lipinski definition) is 1. The van der Waals surface area contributed by atoms with Crippen molar-refractivity contribution in [3.05, 3.63) is 42.0 Å². The molecule has 1 aliphatic rings. The Morgan fingerprint density at radius 3 is 3.00 bits per heavy atom. The summed E-state index contributed by atoms with van der Waals surface area (Å²) in [5.41, 5.74) is 2.29. The SMILES string of the molecule is Cc1cc(N2CCC(C)(c3ncco3)C2)cn2nc(C(=O)O)nc12. The fraction of sp³-hybridized carbons (Fsp3) is 0.375. The number of carboxylic acid groups (broad SMARTS) is 1. The van der Waals surface area contributed by atoms with Crippen molar-refractivity contribution in [1.82, 2.24) is 19.6 Å². The van der Waals surface area contributed by atoms with Crippen molar-refractivity contribution < 1.29 is 14.3 Å². The van der Waals surface area contributed by atoms with Crippen LogP contribution in [0.2, 0.25) is 0 Å². The van der Waals surface area contributed by atoms with Gasteiger partial charge in [-0.3, -0.25) is 0 Å². The van der Waals surface area contributed by atoms with E-state index in [9.17, 15) is 4.79 Å². The Hall–Kier alpha value is -2.90. The van der Waals surface area contributed by atoms with Crippen LogP contribution in [0.1, 0.15) is 35.4 Å². The van der Waals surface area contributed by atoms with Crippen molar-refractivity contribution in [3.8, 4) is 0 Å². The lowest BCUT2D eigenvalue weighted by atomic mass is 9.90. The molecule has 1 unspecified atom stereocenters. The molecule has 0 spiro atoms. The average Bonchev–Trinajstić information content (AvgIpc) is 3.26. The van der Waals surface area contributed by atoms with Gasteiger partial charge in [-0.25, -0.2) is 19.3 Å². The molecule has 1 aliphatic heterocycles. The molecule has 0 amide bonds. The van der Waals surface area contributed by atoms with E-state index in [-0.39, 0.29) is 11.2 Å². The number of aromatic nitrogens is 4. The van der Waals surface area contributed by atoms with Crippen LogP contribution in [0.15, 0.2) is 29.1 Å². The third-order valence-electron chi connectivity index (χ3n) is 4.58. The Kier molecular flexibility index (Phi) is 3.09. The first-order valence-electron chi connectivity index (χ1n) is 7.71. The number of fused-ring (bicyclic) bond motifs is 1. The lowest BCUT2D eigenvalue weighted by Crippen LogP contribution is -2.28. The van der Waals surface area contributed by atoms with E-state index in [0.29, 0.717) is 5.65 Å². The number of nitrogens with zero attached hydrogens (tertiary/aromatic N) is 5. The minimum absolute atomic E-state index is 0.138. The van der Waals surface area contributed by atoms with Crippen molar-refractivity contribution in [2.45, 2.75) is 25.7 Å². The Balaban J connectivity index is 1.69. The van der Waals surface area contributed by atoms with E-state index in [1.165, 1.54) is 4.52 Å². The molecule has 1 atom stereocenters. The van der Waals surface area contributed by atoms with Crippen LogP contribution in [0, 0.1) is 6.92 Å². The fourth-order valence-electron chi connectivity index (χ4n) is 3.27. The van der Waals surface area contributed by atoms with E-state index >= 15 is 0 Å². The van der Waals surface area contributed by atoms with Gasteiger partial charge in [-0.2, -0.15) is 0 Å². The number of pyridine rings is 1. The van der Waals surface area contributed by atoms with Gasteiger partial charge in [0.25, 0.3) is 5.82 Å². The summed E-state index contributed by atoms with van der Waals surface area (Å²) in [7, 11) is 0. The van der Waals surface area contributed by atoms with Crippen LogP contribution < -0.4 is 4.90 Å². The van der Waals surface area contributed by atoms with Crippen LogP contribution >= 0.6 is 0 Å². The highest BCUT2D eigenvalue weighted by Crippen LogP contribution is 2.36. The van der Waals surface area contributed by atoms with E-state index in [0.717, 1.165) is 36.7 Å². The molecular formula is C16H17N5O3. The molecule has 124 valence electrons. The lowest BCUT2D eigenvalue weighted by molar-refractivity contribution is 0.0684. The normalized spacial score (nSPS) is 20.8. The lowest BCUT2D eigenvalue weighted by Gasteiger charge is -2.23. The summed E-state index contributed by atoms with van der Waals surface area (Å²) >= 11 is 0. The zero-order chi connectivity index (χ0) is 16.9. The van der Waals surface area contributed by atoms with Crippen LogP contribution in [0.3, 0.4) is 0 Å². The van der Waals surface area contributed by atoms with Crippen LogP contribution in [-0.4, -0.2) is 43.7 Å². The molecule has 24 heavy (non-hydrogen) atoms. The smallest absolute Gasteiger partial charge is 0.375 e. The van der Waals surface area contributed by atoms with Crippen LogP contribution in [0.4, 0.5) is 5.69 Å². The topological polar surface area (TPSA) is 96.8 Å². The first kappa shape index (κ1) is 14.7. The van der Waals surface area contributed by atoms with Gasteiger partial charge < -0.3 is 14.4 Å². The summed E-state index contributed by atoms with van der Waals surface area (Å²) in [5.74, 6) is -0.574.